The van der Waals surface area contributed by atoms with Gasteiger partial charge in [-0.25, -0.2) is 22.7 Å². The second-order valence-electron chi connectivity index (χ2n) is 7.27. The second-order valence-corrected chi connectivity index (χ2v) is 9.89. The van der Waals surface area contributed by atoms with Gasteiger partial charge < -0.3 is 10.6 Å². The molecular weight excluding hydrogens is 437 g/mol. The first-order valence-electron chi connectivity index (χ1n) is 9.41. The summed E-state index contributed by atoms with van der Waals surface area (Å²) < 4.78 is 28.7. The molecule has 2 saturated heterocycles. The molecular formula is C17H25Cl2N7O2S. The third-order valence-corrected chi connectivity index (χ3v) is 7.91. The number of nitrogens with zero attached hydrogens (tertiary/aromatic N) is 5. The molecule has 0 radical (unpaired) electrons. The molecule has 1 atom stereocenters. The maximum Gasteiger partial charge on any atom is 0.223 e. The van der Waals surface area contributed by atoms with Crippen molar-refractivity contribution in [2.45, 2.75) is 30.6 Å². The van der Waals surface area contributed by atoms with Gasteiger partial charge in [0.05, 0.1) is 28.4 Å². The minimum absolute atomic E-state index is 0. The van der Waals surface area contributed by atoms with Crippen LogP contribution in [0, 0.1) is 0 Å². The molecule has 12 heteroatoms. The van der Waals surface area contributed by atoms with Crippen LogP contribution in [0.2, 0.25) is 5.02 Å². The number of nitrogens with one attached hydrogen (secondary N) is 2. The van der Waals surface area contributed by atoms with Crippen LogP contribution in [0.1, 0.15) is 19.3 Å². The first-order valence-corrected chi connectivity index (χ1v) is 11.3. The molecule has 4 heterocycles. The van der Waals surface area contributed by atoms with Crippen molar-refractivity contribution in [1.82, 2.24) is 29.4 Å². The van der Waals surface area contributed by atoms with Gasteiger partial charge in [-0.05, 0) is 25.8 Å². The Labute approximate surface area is 181 Å². The number of aromatic nitrogens is 4. The van der Waals surface area contributed by atoms with Gasteiger partial charge in [0.2, 0.25) is 16.0 Å². The molecule has 1 unspecified atom stereocenters. The number of piperidine rings is 1. The predicted molar refractivity (Wildman–Crippen MR) is 115 cm³/mol. The fourth-order valence-corrected chi connectivity index (χ4v) is 5.80. The molecule has 0 amide bonds. The molecule has 2 aliphatic rings. The van der Waals surface area contributed by atoms with E-state index in [0.29, 0.717) is 55.6 Å². The van der Waals surface area contributed by atoms with Gasteiger partial charge in [0.15, 0.2) is 0 Å². The lowest BCUT2D eigenvalue weighted by atomic mass is 10.1. The van der Waals surface area contributed by atoms with Crippen molar-refractivity contribution < 1.29 is 8.42 Å². The fraction of sp³-hybridized carbons (Fsp3) is 0.588. The van der Waals surface area contributed by atoms with Crippen LogP contribution in [0.15, 0.2) is 18.6 Å². The van der Waals surface area contributed by atoms with E-state index < -0.39 is 10.0 Å². The van der Waals surface area contributed by atoms with E-state index in [4.69, 9.17) is 11.6 Å². The summed E-state index contributed by atoms with van der Waals surface area (Å²) in [6.45, 7) is 2.35. The Kier molecular flexibility index (Phi) is 7.00. The Morgan fingerprint density at radius 2 is 2.00 bits per heavy atom. The zero-order chi connectivity index (χ0) is 19.7. The summed E-state index contributed by atoms with van der Waals surface area (Å²) in [7, 11) is -1.38. The smallest absolute Gasteiger partial charge is 0.223 e. The highest BCUT2D eigenvalue weighted by Gasteiger charge is 2.36. The van der Waals surface area contributed by atoms with Crippen LogP contribution in [-0.2, 0) is 17.1 Å². The molecule has 0 spiro atoms. The van der Waals surface area contributed by atoms with Crippen LogP contribution in [0.5, 0.6) is 0 Å². The molecule has 4 rings (SSSR count). The number of rotatable bonds is 5. The van der Waals surface area contributed by atoms with Crippen LogP contribution >= 0.6 is 24.0 Å². The largest absolute Gasteiger partial charge is 0.351 e. The molecule has 2 aromatic heterocycles. The quantitative estimate of drug-likeness (QED) is 0.694. The molecule has 0 aromatic carbocycles. The number of hydrogen-bond donors (Lipinski definition) is 2. The van der Waals surface area contributed by atoms with Gasteiger partial charge in [-0.3, -0.25) is 4.68 Å². The van der Waals surface area contributed by atoms with Crippen LogP contribution in [0.3, 0.4) is 0 Å². The summed E-state index contributed by atoms with van der Waals surface area (Å²) in [5.41, 5.74) is 1.45. The van der Waals surface area contributed by atoms with E-state index in [1.165, 1.54) is 0 Å². The minimum atomic E-state index is -3.22. The zero-order valence-corrected chi connectivity index (χ0v) is 18.5. The number of hydrogen-bond acceptors (Lipinski definition) is 7. The lowest BCUT2D eigenvalue weighted by molar-refractivity contribution is 0.326. The van der Waals surface area contributed by atoms with Gasteiger partial charge in [-0.15, -0.1) is 12.4 Å². The van der Waals surface area contributed by atoms with Crippen molar-refractivity contribution >= 4 is 40.0 Å². The van der Waals surface area contributed by atoms with E-state index in [-0.39, 0.29) is 23.7 Å². The molecule has 2 N–H and O–H groups in total. The van der Waals surface area contributed by atoms with Gasteiger partial charge in [0.1, 0.15) is 0 Å². The standard InChI is InChI=1S/C17H24ClN7O2S.ClH/c1-24-11-12(8-21-24)16-15(18)10-20-17(23-16)22-13-3-6-25(7-4-13)28(26,27)14-2-5-19-9-14;/h8,10-11,13-14,19H,2-7,9H2,1H3,(H,20,22,23);1H. The Morgan fingerprint density at radius 1 is 1.24 bits per heavy atom. The molecule has 0 bridgehead atoms. The average molecular weight is 462 g/mol. The fourth-order valence-electron chi connectivity index (χ4n) is 3.71. The maximum atomic E-state index is 12.7. The van der Waals surface area contributed by atoms with Crippen LogP contribution in [-0.4, -0.2) is 69.9 Å². The van der Waals surface area contributed by atoms with Crippen molar-refractivity contribution in [1.29, 1.82) is 0 Å². The molecule has 2 aliphatic heterocycles. The third-order valence-electron chi connectivity index (χ3n) is 5.31. The molecule has 9 nitrogen and oxygen atoms in total. The Balaban J connectivity index is 0.00000240. The number of sulfonamides is 1. The van der Waals surface area contributed by atoms with E-state index >= 15 is 0 Å². The summed E-state index contributed by atoms with van der Waals surface area (Å²) in [6.07, 6.45) is 7.25. The molecule has 0 saturated carbocycles. The van der Waals surface area contributed by atoms with E-state index in [2.05, 4.69) is 25.7 Å². The molecule has 160 valence electrons. The molecule has 2 aromatic rings. The van der Waals surface area contributed by atoms with Gasteiger partial charge in [-0.1, -0.05) is 11.6 Å². The van der Waals surface area contributed by atoms with Crippen molar-refractivity contribution in [3.63, 3.8) is 0 Å². The highest BCUT2D eigenvalue weighted by molar-refractivity contribution is 7.89. The van der Waals surface area contributed by atoms with E-state index in [1.807, 2.05) is 13.2 Å². The number of aryl methyl sites for hydroxylation is 1. The zero-order valence-electron chi connectivity index (χ0n) is 16.1. The first-order chi connectivity index (χ1) is 13.4. The lowest BCUT2D eigenvalue weighted by Gasteiger charge is -2.33. The van der Waals surface area contributed by atoms with Crippen LogP contribution in [0.25, 0.3) is 11.3 Å². The highest BCUT2D eigenvalue weighted by atomic mass is 35.5. The minimum Gasteiger partial charge on any atom is -0.351 e. The van der Waals surface area contributed by atoms with Gasteiger partial charge in [0, 0.05) is 44.5 Å². The Bertz CT molecular complexity index is 939. The van der Waals surface area contributed by atoms with E-state index in [9.17, 15) is 8.42 Å². The van der Waals surface area contributed by atoms with Gasteiger partial charge >= 0.3 is 0 Å². The highest BCUT2D eigenvalue weighted by Crippen LogP contribution is 2.27. The van der Waals surface area contributed by atoms with E-state index in [1.54, 1.807) is 21.4 Å². The predicted octanol–water partition coefficient (Wildman–Crippen LogP) is 1.52. The second kappa shape index (κ2) is 9.13. The summed E-state index contributed by atoms with van der Waals surface area (Å²) in [5.74, 6) is 0.490. The first kappa shape index (κ1) is 22.2. The topological polar surface area (TPSA) is 105 Å². The van der Waals surface area contributed by atoms with Crippen LogP contribution < -0.4 is 10.6 Å². The van der Waals surface area contributed by atoms with Gasteiger partial charge in [0.25, 0.3) is 0 Å². The van der Waals surface area contributed by atoms with E-state index in [0.717, 1.165) is 12.1 Å². The Hall–Kier alpha value is -1.46. The monoisotopic (exact) mass is 461 g/mol. The van der Waals surface area contributed by atoms with Crippen molar-refractivity contribution in [3.05, 3.63) is 23.6 Å². The summed E-state index contributed by atoms with van der Waals surface area (Å²) in [6, 6.07) is 0.121. The maximum absolute atomic E-state index is 12.7. The average Bonchev–Trinajstić information content (AvgIpc) is 3.36. The molecule has 0 aliphatic carbocycles. The summed E-state index contributed by atoms with van der Waals surface area (Å²) in [4.78, 5) is 8.81. The van der Waals surface area contributed by atoms with Crippen LogP contribution in [0.4, 0.5) is 5.95 Å². The molecule has 2 fully saturated rings. The normalized spacial score (nSPS) is 21.1. The van der Waals surface area contributed by atoms with Crippen molar-refractivity contribution in [3.8, 4) is 11.3 Å². The third kappa shape index (κ3) is 4.83. The summed E-state index contributed by atoms with van der Waals surface area (Å²) >= 11 is 6.25. The number of anilines is 1. The molecule has 29 heavy (non-hydrogen) atoms. The lowest BCUT2D eigenvalue weighted by Crippen LogP contribution is -2.46. The van der Waals surface area contributed by atoms with Crippen molar-refractivity contribution in [2.24, 2.45) is 7.05 Å². The summed E-state index contributed by atoms with van der Waals surface area (Å²) in [5, 5.41) is 10.8. The van der Waals surface area contributed by atoms with Gasteiger partial charge in [-0.2, -0.15) is 5.10 Å². The SMILES string of the molecule is Cl.Cn1cc(-c2nc(NC3CCN(S(=O)(=O)C4CCNC4)CC3)ncc2Cl)cn1. The Morgan fingerprint density at radius 3 is 2.62 bits per heavy atom. The van der Waals surface area contributed by atoms with Crippen molar-refractivity contribution in [2.75, 3.05) is 31.5 Å². The number of halogens is 2.